The number of aliphatic hydroxyl groups is 1. The van der Waals surface area contributed by atoms with E-state index in [0.29, 0.717) is 23.7 Å². The Morgan fingerprint density at radius 2 is 2.11 bits per heavy atom. The first kappa shape index (κ1) is 14.7. The van der Waals surface area contributed by atoms with Gasteiger partial charge in [0.25, 0.3) is 0 Å². The topological polar surface area (TPSA) is 81.8 Å². The molecule has 0 bridgehead atoms. The number of aromatic nitrogens is 2. The van der Waals surface area contributed by atoms with Crippen molar-refractivity contribution in [2.45, 2.75) is 26.4 Å². The van der Waals surface area contributed by atoms with E-state index in [0.717, 1.165) is 11.3 Å². The van der Waals surface area contributed by atoms with Crippen LogP contribution in [-0.2, 0) is 0 Å². The fourth-order valence-corrected chi connectivity index (χ4v) is 2.23. The molecule has 0 aliphatic carbocycles. The van der Waals surface area contributed by atoms with Crippen LogP contribution < -0.4 is 5.32 Å². The maximum absolute atomic E-state index is 10.0. The zero-order valence-corrected chi connectivity index (χ0v) is 11.9. The summed E-state index contributed by atoms with van der Waals surface area (Å²) < 4.78 is 0. The number of hydrogen-bond acceptors (Lipinski definition) is 6. The monoisotopic (exact) mass is 266 g/mol. The number of rotatable bonds is 5. The van der Waals surface area contributed by atoms with E-state index in [-0.39, 0.29) is 0 Å². The second-order valence-electron chi connectivity index (χ2n) is 4.53. The number of nitrogens with one attached hydrogen (secondary N) is 1. The average Bonchev–Trinajstić information content (AvgIpc) is 2.30. The number of nitriles is 1. The normalized spacial score (nSPS) is 13.8. The molecule has 2 N–H and O–H groups in total. The highest BCUT2D eigenvalue weighted by Gasteiger charge is 2.20. The minimum Gasteiger partial charge on any atom is -0.387 e. The zero-order chi connectivity index (χ0) is 13.8. The van der Waals surface area contributed by atoms with Gasteiger partial charge < -0.3 is 10.4 Å². The van der Waals surface area contributed by atoms with E-state index in [1.54, 1.807) is 18.7 Å². The Kier molecular flexibility index (Phi) is 4.93. The quantitative estimate of drug-likeness (QED) is 0.840. The van der Waals surface area contributed by atoms with Gasteiger partial charge in [-0.3, -0.25) is 0 Å². The Morgan fingerprint density at radius 3 is 2.67 bits per heavy atom. The summed E-state index contributed by atoms with van der Waals surface area (Å²) in [6.45, 7) is 5.74. The van der Waals surface area contributed by atoms with Crippen LogP contribution in [0.25, 0.3) is 0 Å². The number of hydrogen-bond donors (Lipinski definition) is 2. The highest BCUT2D eigenvalue weighted by molar-refractivity contribution is 7.98. The lowest BCUT2D eigenvalue weighted by atomic mass is 10.1. The first-order chi connectivity index (χ1) is 8.41. The molecule has 1 atom stereocenters. The maximum atomic E-state index is 10.0. The summed E-state index contributed by atoms with van der Waals surface area (Å²) in [5, 5.41) is 30.1. The molecule has 18 heavy (non-hydrogen) atoms. The van der Waals surface area contributed by atoms with Crippen molar-refractivity contribution < 1.29 is 5.11 Å². The van der Waals surface area contributed by atoms with Gasteiger partial charge in [0.1, 0.15) is 11.6 Å². The third kappa shape index (κ3) is 3.59. The molecule has 1 unspecified atom stereocenters. The van der Waals surface area contributed by atoms with E-state index in [1.807, 2.05) is 20.1 Å². The van der Waals surface area contributed by atoms with Gasteiger partial charge in [-0.05, 0) is 32.6 Å². The van der Waals surface area contributed by atoms with E-state index in [4.69, 9.17) is 5.26 Å². The molecule has 98 valence electrons. The van der Waals surface area contributed by atoms with Crippen molar-refractivity contribution in [3.8, 4) is 6.07 Å². The Bertz CT molecular complexity index is 468. The van der Waals surface area contributed by atoms with Gasteiger partial charge in [-0.2, -0.15) is 22.1 Å². The van der Waals surface area contributed by atoms with Crippen LogP contribution in [0.5, 0.6) is 0 Å². The smallest absolute Gasteiger partial charge is 0.167 e. The minimum atomic E-state index is -0.841. The van der Waals surface area contributed by atoms with Crippen LogP contribution in [-0.4, -0.2) is 39.5 Å². The SMILES string of the molecule is CSCC(C)(O)CNc1nnc(C)c(C)c1C#N. The highest BCUT2D eigenvalue weighted by Crippen LogP contribution is 2.18. The molecule has 0 amide bonds. The van der Waals surface area contributed by atoms with Gasteiger partial charge in [0.15, 0.2) is 5.82 Å². The van der Waals surface area contributed by atoms with Crippen LogP contribution in [0, 0.1) is 25.2 Å². The van der Waals surface area contributed by atoms with Crippen LogP contribution in [0.3, 0.4) is 0 Å². The molecule has 0 spiro atoms. The van der Waals surface area contributed by atoms with Crippen LogP contribution in [0.1, 0.15) is 23.7 Å². The van der Waals surface area contributed by atoms with Crippen molar-refractivity contribution >= 4 is 17.6 Å². The van der Waals surface area contributed by atoms with Gasteiger partial charge >= 0.3 is 0 Å². The molecule has 1 rings (SSSR count). The number of aryl methyl sites for hydroxylation is 1. The fraction of sp³-hybridized carbons (Fsp3) is 0.583. The molecular formula is C12H18N4OS. The lowest BCUT2D eigenvalue weighted by Crippen LogP contribution is -2.36. The summed E-state index contributed by atoms with van der Waals surface area (Å²) >= 11 is 1.57. The van der Waals surface area contributed by atoms with E-state index in [1.165, 1.54) is 0 Å². The van der Waals surface area contributed by atoms with Gasteiger partial charge in [-0.1, -0.05) is 0 Å². The Labute approximate surface area is 112 Å². The summed E-state index contributed by atoms with van der Waals surface area (Å²) in [6, 6.07) is 2.12. The van der Waals surface area contributed by atoms with E-state index >= 15 is 0 Å². The van der Waals surface area contributed by atoms with Gasteiger partial charge in [0, 0.05) is 12.3 Å². The predicted octanol–water partition coefficient (Wildman–Crippen LogP) is 1.49. The summed E-state index contributed by atoms with van der Waals surface area (Å²) in [4.78, 5) is 0. The molecule has 6 heteroatoms. The Hall–Kier alpha value is -1.32. The molecule has 0 fully saturated rings. The van der Waals surface area contributed by atoms with Crippen LogP contribution in [0.15, 0.2) is 0 Å². The molecule has 0 saturated heterocycles. The molecule has 0 radical (unpaired) electrons. The Morgan fingerprint density at radius 1 is 1.44 bits per heavy atom. The van der Waals surface area contributed by atoms with Gasteiger partial charge in [-0.15, -0.1) is 5.10 Å². The van der Waals surface area contributed by atoms with Gasteiger partial charge in [0.05, 0.1) is 11.3 Å². The first-order valence-corrected chi connectivity index (χ1v) is 7.00. The molecule has 5 nitrogen and oxygen atoms in total. The van der Waals surface area contributed by atoms with E-state index in [2.05, 4.69) is 21.6 Å². The molecule has 1 aromatic rings. The third-order valence-corrected chi connectivity index (χ3v) is 3.57. The fourth-order valence-electron chi connectivity index (χ4n) is 1.51. The lowest BCUT2D eigenvalue weighted by Gasteiger charge is -2.23. The van der Waals surface area contributed by atoms with E-state index < -0.39 is 5.60 Å². The van der Waals surface area contributed by atoms with Crippen LogP contribution >= 0.6 is 11.8 Å². The van der Waals surface area contributed by atoms with Crippen molar-refractivity contribution in [2.24, 2.45) is 0 Å². The molecule has 1 aromatic heterocycles. The number of thioether (sulfide) groups is 1. The Balaban J connectivity index is 2.87. The lowest BCUT2D eigenvalue weighted by molar-refractivity contribution is 0.0996. The van der Waals surface area contributed by atoms with Crippen molar-refractivity contribution in [1.82, 2.24) is 10.2 Å². The third-order valence-electron chi connectivity index (χ3n) is 2.66. The molecular weight excluding hydrogens is 248 g/mol. The van der Waals surface area contributed by atoms with Crippen molar-refractivity contribution in [3.05, 3.63) is 16.8 Å². The summed E-state index contributed by atoms with van der Waals surface area (Å²) in [7, 11) is 0. The summed E-state index contributed by atoms with van der Waals surface area (Å²) in [5.74, 6) is 1.04. The highest BCUT2D eigenvalue weighted by atomic mass is 32.2. The maximum Gasteiger partial charge on any atom is 0.167 e. The van der Waals surface area contributed by atoms with Gasteiger partial charge in [0.2, 0.25) is 0 Å². The molecule has 0 aromatic carbocycles. The number of anilines is 1. The standard InChI is InChI=1S/C12H18N4OS/c1-8-9(2)15-16-11(10(8)5-13)14-6-12(3,17)7-18-4/h17H,6-7H2,1-4H3,(H,14,16). The van der Waals surface area contributed by atoms with E-state index in [9.17, 15) is 5.11 Å². The average molecular weight is 266 g/mol. The zero-order valence-electron chi connectivity index (χ0n) is 11.1. The predicted molar refractivity (Wildman–Crippen MR) is 73.7 cm³/mol. The summed E-state index contributed by atoms with van der Waals surface area (Å²) in [6.07, 6.45) is 1.94. The molecule has 1 heterocycles. The summed E-state index contributed by atoms with van der Waals surface area (Å²) in [5.41, 5.74) is 1.21. The van der Waals surface area contributed by atoms with Crippen LogP contribution in [0.2, 0.25) is 0 Å². The second-order valence-corrected chi connectivity index (χ2v) is 5.40. The molecule has 0 aliphatic heterocycles. The molecule has 0 aliphatic rings. The molecule has 0 saturated carbocycles. The second kappa shape index (κ2) is 6.03. The largest absolute Gasteiger partial charge is 0.387 e. The van der Waals surface area contributed by atoms with Crippen molar-refractivity contribution in [3.63, 3.8) is 0 Å². The van der Waals surface area contributed by atoms with Gasteiger partial charge in [-0.25, -0.2) is 0 Å². The van der Waals surface area contributed by atoms with Crippen molar-refractivity contribution in [1.29, 1.82) is 5.26 Å². The van der Waals surface area contributed by atoms with Crippen LogP contribution in [0.4, 0.5) is 5.82 Å². The van der Waals surface area contributed by atoms with Crippen molar-refractivity contribution in [2.75, 3.05) is 23.9 Å². The first-order valence-electron chi connectivity index (χ1n) is 5.60. The number of nitrogens with zero attached hydrogens (tertiary/aromatic N) is 3. The minimum absolute atomic E-state index is 0.333.